The van der Waals surface area contributed by atoms with E-state index in [1.54, 1.807) is 41.5 Å². The van der Waals surface area contributed by atoms with Gasteiger partial charge in [0.1, 0.15) is 11.2 Å². The fourth-order valence-corrected chi connectivity index (χ4v) is 2.53. The van der Waals surface area contributed by atoms with Gasteiger partial charge in [-0.2, -0.15) is 0 Å². The average molecular weight is 341 g/mol. The van der Waals surface area contributed by atoms with Crippen LogP contribution in [0.4, 0.5) is 9.59 Å². The van der Waals surface area contributed by atoms with Crippen LogP contribution >= 0.6 is 0 Å². The zero-order chi connectivity index (χ0) is 18.5. The lowest BCUT2D eigenvalue weighted by Crippen LogP contribution is -2.54. The molecular formula is C17H31N3O4. The van der Waals surface area contributed by atoms with Crippen LogP contribution in [0.1, 0.15) is 73.6 Å². The molecule has 0 heterocycles. The van der Waals surface area contributed by atoms with Crippen LogP contribution in [0.3, 0.4) is 0 Å². The van der Waals surface area contributed by atoms with E-state index < -0.39 is 23.4 Å². The summed E-state index contributed by atoms with van der Waals surface area (Å²) in [6, 6.07) is -0.143. The fraction of sp³-hybridized carbons (Fsp3) is 0.824. The van der Waals surface area contributed by atoms with Gasteiger partial charge >= 0.3 is 12.2 Å². The molecule has 7 heteroatoms. The van der Waals surface area contributed by atoms with Gasteiger partial charge in [-0.1, -0.05) is 19.3 Å². The second-order valence-corrected chi connectivity index (χ2v) is 8.12. The van der Waals surface area contributed by atoms with E-state index in [0.717, 1.165) is 32.1 Å². The van der Waals surface area contributed by atoms with Gasteiger partial charge in [-0.3, -0.25) is 10.7 Å². The molecule has 0 spiro atoms. The lowest BCUT2D eigenvalue weighted by Gasteiger charge is -2.35. The van der Waals surface area contributed by atoms with E-state index in [-0.39, 0.29) is 12.0 Å². The van der Waals surface area contributed by atoms with Crippen LogP contribution in [0, 0.1) is 5.41 Å². The average Bonchev–Trinajstić information content (AvgIpc) is 2.35. The van der Waals surface area contributed by atoms with E-state index in [2.05, 4.69) is 5.32 Å². The van der Waals surface area contributed by atoms with Gasteiger partial charge in [0.05, 0.1) is 0 Å². The van der Waals surface area contributed by atoms with Crippen molar-refractivity contribution in [2.45, 2.75) is 90.9 Å². The number of rotatable bonds is 1. The highest BCUT2D eigenvalue weighted by Crippen LogP contribution is 2.24. The summed E-state index contributed by atoms with van der Waals surface area (Å²) in [6.45, 7) is 10.5. The minimum Gasteiger partial charge on any atom is -0.444 e. The Morgan fingerprint density at radius 2 is 1.46 bits per heavy atom. The highest BCUT2D eigenvalue weighted by atomic mass is 16.6. The number of carbonyl (C=O) groups excluding carboxylic acids is 2. The first-order valence-electron chi connectivity index (χ1n) is 8.50. The molecule has 1 saturated carbocycles. The molecule has 1 rings (SSSR count). The summed E-state index contributed by atoms with van der Waals surface area (Å²) in [5, 5.41) is 10.5. The van der Waals surface area contributed by atoms with E-state index in [0.29, 0.717) is 0 Å². The molecule has 0 aliphatic heterocycles. The van der Waals surface area contributed by atoms with Crippen molar-refractivity contribution in [2.75, 3.05) is 0 Å². The Morgan fingerprint density at radius 3 is 1.92 bits per heavy atom. The Labute approximate surface area is 144 Å². The number of nitrogens with one attached hydrogen (secondary N) is 2. The van der Waals surface area contributed by atoms with E-state index in [1.807, 2.05) is 0 Å². The van der Waals surface area contributed by atoms with Gasteiger partial charge in [-0.25, -0.2) is 14.5 Å². The zero-order valence-electron chi connectivity index (χ0n) is 15.7. The summed E-state index contributed by atoms with van der Waals surface area (Å²) in [5.74, 6) is -0.301. The van der Waals surface area contributed by atoms with Crippen LogP contribution < -0.4 is 5.32 Å². The van der Waals surface area contributed by atoms with E-state index in [9.17, 15) is 9.59 Å². The topological polar surface area (TPSA) is 91.7 Å². The molecule has 0 aromatic rings. The molecule has 7 nitrogen and oxygen atoms in total. The van der Waals surface area contributed by atoms with Crippen molar-refractivity contribution in [1.82, 2.24) is 10.2 Å². The molecule has 0 saturated heterocycles. The lowest BCUT2D eigenvalue weighted by atomic mass is 9.94. The van der Waals surface area contributed by atoms with Gasteiger partial charge in [0.15, 0.2) is 0 Å². The lowest BCUT2D eigenvalue weighted by molar-refractivity contribution is 0.0271. The Balaban J connectivity index is 2.85. The third-order valence-electron chi connectivity index (χ3n) is 3.39. The SMILES string of the molecule is CC(C)(C)OC(=O)NC(=N)N(C(=O)OC(C)(C)C)C1CCCCC1. The van der Waals surface area contributed by atoms with Crippen molar-refractivity contribution in [3.05, 3.63) is 0 Å². The minimum atomic E-state index is -0.753. The maximum atomic E-state index is 12.5. The quantitative estimate of drug-likeness (QED) is 0.556. The Kier molecular flexibility index (Phi) is 6.63. The monoisotopic (exact) mass is 341 g/mol. The third kappa shape index (κ3) is 7.19. The summed E-state index contributed by atoms with van der Waals surface area (Å²) in [6.07, 6.45) is 3.31. The molecule has 2 N–H and O–H groups in total. The maximum Gasteiger partial charge on any atom is 0.417 e. The number of hydrogen-bond acceptors (Lipinski definition) is 5. The van der Waals surface area contributed by atoms with Crippen LogP contribution in [-0.2, 0) is 9.47 Å². The highest BCUT2D eigenvalue weighted by molar-refractivity contribution is 6.00. The number of guanidine groups is 1. The summed E-state index contributed by atoms with van der Waals surface area (Å²) in [5.41, 5.74) is -1.35. The highest BCUT2D eigenvalue weighted by Gasteiger charge is 2.33. The Hall–Kier alpha value is -1.79. The van der Waals surface area contributed by atoms with E-state index in [4.69, 9.17) is 14.9 Å². The van der Waals surface area contributed by atoms with Crippen molar-refractivity contribution < 1.29 is 19.1 Å². The predicted octanol–water partition coefficient (Wildman–Crippen LogP) is 4.02. The molecular weight excluding hydrogens is 310 g/mol. The minimum absolute atomic E-state index is 0.143. The van der Waals surface area contributed by atoms with Gasteiger partial charge in [0.25, 0.3) is 0 Å². The van der Waals surface area contributed by atoms with Crippen LogP contribution in [0.2, 0.25) is 0 Å². The van der Waals surface area contributed by atoms with Crippen LogP contribution in [0.15, 0.2) is 0 Å². The molecule has 1 aliphatic carbocycles. The number of carbonyl (C=O) groups is 2. The predicted molar refractivity (Wildman–Crippen MR) is 92.0 cm³/mol. The Morgan fingerprint density at radius 1 is 0.958 bits per heavy atom. The first-order chi connectivity index (χ1) is 10.9. The summed E-state index contributed by atoms with van der Waals surface area (Å²) >= 11 is 0. The van der Waals surface area contributed by atoms with Crippen molar-refractivity contribution >= 4 is 18.1 Å². The normalized spacial score (nSPS) is 16.2. The third-order valence-corrected chi connectivity index (χ3v) is 3.39. The smallest absolute Gasteiger partial charge is 0.417 e. The summed E-state index contributed by atoms with van der Waals surface area (Å²) < 4.78 is 10.6. The van der Waals surface area contributed by atoms with Gasteiger partial charge in [0.2, 0.25) is 5.96 Å². The molecule has 0 bridgehead atoms. The van der Waals surface area contributed by atoms with Gasteiger partial charge in [-0.05, 0) is 54.4 Å². The Bertz CT molecular complexity index is 471. The van der Waals surface area contributed by atoms with E-state index >= 15 is 0 Å². The van der Waals surface area contributed by atoms with Crippen LogP contribution in [0.5, 0.6) is 0 Å². The van der Waals surface area contributed by atoms with Crippen LogP contribution in [-0.4, -0.2) is 40.3 Å². The largest absolute Gasteiger partial charge is 0.444 e. The summed E-state index contributed by atoms with van der Waals surface area (Å²) in [7, 11) is 0. The molecule has 138 valence electrons. The van der Waals surface area contributed by atoms with E-state index in [1.165, 1.54) is 4.90 Å². The zero-order valence-corrected chi connectivity index (χ0v) is 15.7. The number of amides is 2. The molecule has 1 fully saturated rings. The first kappa shape index (κ1) is 20.3. The number of hydrogen-bond donors (Lipinski definition) is 2. The second-order valence-electron chi connectivity index (χ2n) is 8.12. The standard InChI is InChI=1S/C17H31N3O4/c1-16(2,3)23-14(21)19-13(18)20(12-10-8-7-9-11-12)15(22)24-17(4,5)6/h12H,7-11H2,1-6H3,(H2,18,19,21). The molecule has 0 radical (unpaired) electrons. The second kappa shape index (κ2) is 7.85. The van der Waals surface area contributed by atoms with Gasteiger partial charge < -0.3 is 9.47 Å². The van der Waals surface area contributed by atoms with Crippen molar-refractivity contribution in [3.63, 3.8) is 0 Å². The van der Waals surface area contributed by atoms with Crippen molar-refractivity contribution in [3.8, 4) is 0 Å². The molecule has 2 amide bonds. The number of ether oxygens (including phenoxy) is 2. The molecule has 0 aromatic heterocycles. The molecule has 0 atom stereocenters. The summed E-state index contributed by atoms with van der Waals surface area (Å²) in [4.78, 5) is 25.7. The number of alkyl carbamates (subject to hydrolysis) is 1. The molecule has 0 aromatic carbocycles. The van der Waals surface area contributed by atoms with Crippen molar-refractivity contribution in [2.24, 2.45) is 0 Å². The van der Waals surface area contributed by atoms with Crippen LogP contribution in [0.25, 0.3) is 0 Å². The fourth-order valence-electron chi connectivity index (χ4n) is 2.53. The molecule has 24 heavy (non-hydrogen) atoms. The first-order valence-corrected chi connectivity index (χ1v) is 8.50. The van der Waals surface area contributed by atoms with Crippen molar-refractivity contribution in [1.29, 1.82) is 5.41 Å². The van der Waals surface area contributed by atoms with Gasteiger partial charge in [-0.15, -0.1) is 0 Å². The molecule has 0 unspecified atom stereocenters. The van der Waals surface area contributed by atoms with Gasteiger partial charge in [0, 0.05) is 6.04 Å². The molecule has 1 aliphatic rings. The maximum absolute atomic E-state index is 12.5. The number of nitrogens with zero attached hydrogens (tertiary/aromatic N) is 1.